The first kappa shape index (κ1) is 16.4. The minimum absolute atomic E-state index is 0.237. The Morgan fingerprint density at radius 1 is 1.14 bits per heavy atom. The summed E-state index contributed by atoms with van der Waals surface area (Å²) in [6.07, 6.45) is 9.03. The number of nitrogens with zero attached hydrogens (tertiary/aromatic N) is 1. The lowest BCUT2D eigenvalue weighted by Crippen LogP contribution is -2.37. The number of hydrogen-bond donors (Lipinski definition) is 3. The van der Waals surface area contributed by atoms with Gasteiger partial charge in [-0.05, 0) is 25.0 Å². The zero-order valence-electron chi connectivity index (χ0n) is 12.8. The fraction of sp³-hybridized carbons (Fsp3) is 0.562. The van der Waals surface area contributed by atoms with Gasteiger partial charge in [0, 0.05) is 25.3 Å². The van der Waals surface area contributed by atoms with Crippen LogP contribution in [0, 0.1) is 0 Å². The average Bonchev–Trinajstić information content (AvgIpc) is 2.80. The maximum absolute atomic E-state index is 11.9. The van der Waals surface area contributed by atoms with Crippen molar-refractivity contribution >= 4 is 11.8 Å². The van der Waals surface area contributed by atoms with Crippen LogP contribution in [0.25, 0.3) is 0 Å². The van der Waals surface area contributed by atoms with E-state index in [0.717, 1.165) is 6.54 Å². The monoisotopic (exact) mass is 304 g/mol. The minimum Gasteiger partial charge on any atom is -0.366 e. The second kappa shape index (κ2) is 8.48. The Morgan fingerprint density at radius 2 is 1.86 bits per heavy atom. The number of nitrogens with two attached hydrogens (primary N) is 1. The Bertz CT molecular complexity index is 493. The zero-order chi connectivity index (χ0) is 15.8. The Morgan fingerprint density at radius 3 is 2.45 bits per heavy atom. The number of aromatic nitrogens is 1. The number of rotatable bonds is 6. The van der Waals surface area contributed by atoms with E-state index in [2.05, 4.69) is 15.6 Å². The average molecular weight is 304 g/mol. The molecule has 1 aromatic heterocycles. The van der Waals surface area contributed by atoms with Crippen molar-refractivity contribution in [2.24, 2.45) is 5.73 Å². The molecule has 1 aliphatic carbocycles. The Kier molecular flexibility index (Phi) is 6.33. The molecule has 0 radical (unpaired) electrons. The van der Waals surface area contributed by atoms with E-state index in [-0.39, 0.29) is 5.91 Å². The Hall–Kier alpha value is -1.95. The van der Waals surface area contributed by atoms with Gasteiger partial charge in [-0.2, -0.15) is 0 Å². The van der Waals surface area contributed by atoms with Gasteiger partial charge in [-0.3, -0.25) is 14.6 Å². The predicted octanol–water partition coefficient (Wildman–Crippen LogP) is 1.22. The van der Waals surface area contributed by atoms with Gasteiger partial charge in [0.2, 0.25) is 5.91 Å². The fourth-order valence-electron chi connectivity index (χ4n) is 2.70. The molecule has 120 valence electrons. The van der Waals surface area contributed by atoms with Crippen LogP contribution in [-0.4, -0.2) is 35.9 Å². The SMILES string of the molecule is NC(=O)c1ccc(C(=O)NCCNC2CCCCCC2)nc1. The van der Waals surface area contributed by atoms with Gasteiger partial charge in [0.1, 0.15) is 5.69 Å². The molecule has 0 saturated heterocycles. The van der Waals surface area contributed by atoms with Crippen molar-refractivity contribution in [3.8, 4) is 0 Å². The first-order valence-corrected chi connectivity index (χ1v) is 7.94. The standard InChI is InChI=1S/C16H24N4O2/c17-15(21)12-7-8-14(20-11-12)16(22)19-10-9-18-13-5-3-1-2-4-6-13/h7-8,11,13,18H,1-6,9-10H2,(H2,17,21)(H,19,22). The summed E-state index contributed by atoms with van der Waals surface area (Å²) in [5.74, 6) is -0.786. The van der Waals surface area contributed by atoms with Gasteiger partial charge in [0.15, 0.2) is 0 Å². The maximum Gasteiger partial charge on any atom is 0.269 e. The van der Waals surface area contributed by atoms with Crippen LogP contribution in [0.2, 0.25) is 0 Å². The van der Waals surface area contributed by atoms with Gasteiger partial charge in [0.05, 0.1) is 5.56 Å². The molecule has 6 heteroatoms. The molecule has 4 N–H and O–H groups in total. The first-order valence-electron chi connectivity index (χ1n) is 7.94. The van der Waals surface area contributed by atoms with Crippen molar-refractivity contribution < 1.29 is 9.59 Å². The molecular formula is C16H24N4O2. The van der Waals surface area contributed by atoms with E-state index in [1.807, 2.05) is 0 Å². The van der Waals surface area contributed by atoms with Crippen LogP contribution < -0.4 is 16.4 Å². The number of amides is 2. The minimum atomic E-state index is -0.549. The lowest BCUT2D eigenvalue weighted by Gasteiger charge is -2.16. The second-order valence-corrected chi connectivity index (χ2v) is 5.69. The molecule has 0 unspecified atom stereocenters. The van der Waals surface area contributed by atoms with Crippen LogP contribution in [0.15, 0.2) is 18.3 Å². The summed E-state index contributed by atoms with van der Waals surface area (Å²) in [5.41, 5.74) is 5.72. The van der Waals surface area contributed by atoms with Gasteiger partial charge < -0.3 is 16.4 Å². The first-order chi connectivity index (χ1) is 10.7. The number of hydrogen-bond acceptors (Lipinski definition) is 4. The van der Waals surface area contributed by atoms with Crippen LogP contribution in [-0.2, 0) is 0 Å². The molecule has 1 aliphatic rings. The van der Waals surface area contributed by atoms with Crippen LogP contribution in [0.1, 0.15) is 59.4 Å². The molecule has 0 aromatic carbocycles. The predicted molar refractivity (Wildman–Crippen MR) is 84.6 cm³/mol. The number of carbonyl (C=O) groups excluding carboxylic acids is 2. The molecule has 2 rings (SSSR count). The van der Waals surface area contributed by atoms with E-state index in [1.165, 1.54) is 56.9 Å². The zero-order valence-corrected chi connectivity index (χ0v) is 12.8. The molecule has 1 aromatic rings. The number of nitrogens with one attached hydrogen (secondary N) is 2. The van der Waals surface area contributed by atoms with E-state index >= 15 is 0 Å². The van der Waals surface area contributed by atoms with Crippen LogP contribution in [0.4, 0.5) is 0 Å². The topological polar surface area (TPSA) is 97.1 Å². The molecule has 0 atom stereocenters. The van der Waals surface area contributed by atoms with Crippen molar-refractivity contribution in [1.82, 2.24) is 15.6 Å². The quantitative estimate of drug-likeness (QED) is 0.544. The molecule has 1 fully saturated rings. The van der Waals surface area contributed by atoms with Crippen LogP contribution in [0.3, 0.4) is 0 Å². The largest absolute Gasteiger partial charge is 0.366 e. The molecule has 0 bridgehead atoms. The summed E-state index contributed by atoms with van der Waals surface area (Å²) < 4.78 is 0. The van der Waals surface area contributed by atoms with E-state index in [1.54, 1.807) is 0 Å². The Balaban J connectivity index is 1.69. The van der Waals surface area contributed by atoms with Gasteiger partial charge in [-0.25, -0.2) is 0 Å². The van der Waals surface area contributed by atoms with E-state index in [0.29, 0.717) is 23.8 Å². The third-order valence-corrected chi connectivity index (χ3v) is 3.98. The molecule has 0 spiro atoms. The van der Waals surface area contributed by atoms with E-state index < -0.39 is 5.91 Å². The third-order valence-electron chi connectivity index (χ3n) is 3.98. The summed E-state index contributed by atoms with van der Waals surface area (Å²) in [5, 5.41) is 6.32. The van der Waals surface area contributed by atoms with Crippen molar-refractivity contribution in [3.63, 3.8) is 0 Å². The molecular weight excluding hydrogens is 280 g/mol. The third kappa shape index (κ3) is 5.11. The van der Waals surface area contributed by atoms with Crippen molar-refractivity contribution in [3.05, 3.63) is 29.6 Å². The lowest BCUT2D eigenvalue weighted by molar-refractivity contribution is 0.0945. The summed E-state index contributed by atoms with van der Waals surface area (Å²) in [4.78, 5) is 26.8. The maximum atomic E-state index is 11.9. The van der Waals surface area contributed by atoms with Crippen LogP contribution >= 0.6 is 0 Å². The highest BCUT2D eigenvalue weighted by Crippen LogP contribution is 2.16. The van der Waals surface area contributed by atoms with Gasteiger partial charge in [-0.1, -0.05) is 25.7 Å². The summed E-state index contributed by atoms with van der Waals surface area (Å²) in [6.45, 7) is 1.32. The fourth-order valence-corrected chi connectivity index (χ4v) is 2.70. The Labute approximate surface area is 130 Å². The lowest BCUT2D eigenvalue weighted by atomic mass is 10.1. The van der Waals surface area contributed by atoms with Crippen LogP contribution in [0.5, 0.6) is 0 Å². The molecule has 22 heavy (non-hydrogen) atoms. The highest BCUT2D eigenvalue weighted by atomic mass is 16.2. The normalized spacial score (nSPS) is 16.0. The van der Waals surface area contributed by atoms with E-state index in [4.69, 9.17) is 5.73 Å². The summed E-state index contributed by atoms with van der Waals surface area (Å²) in [6, 6.07) is 3.59. The van der Waals surface area contributed by atoms with E-state index in [9.17, 15) is 9.59 Å². The molecule has 1 saturated carbocycles. The molecule has 6 nitrogen and oxygen atoms in total. The highest BCUT2D eigenvalue weighted by molar-refractivity contribution is 5.95. The van der Waals surface area contributed by atoms with Crippen molar-refractivity contribution in [1.29, 1.82) is 0 Å². The van der Waals surface area contributed by atoms with Crippen molar-refractivity contribution in [2.45, 2.75) is 44.6 Å². The molecule has 0 aliphatic heterocycles. The summed E-state index contributed by atoms with van der Waals surface area (Å²) in [7, 11) is 0. The highest BCUT2D eigenvalue weighted by Gasteiger charge is 2.12. The smallest absolute Gasteiger partial charge is 0.269 e. The number of carbonyl (C=O) groups is 2. The number of primary amides is 1. The number of pyridine rings is 1. The molecule has 2 amide bonds. The van der Waals surface area contributed by atoms with Gasteiger partial charge in [-0.15, -0.1) is 0 Å². The van der Waals surface area contributed by atoms with Crippen molar-refractivity contribution in [2.75, 3.05) is 13.1 Å². The second-order valence-electron chi connectivity index (χ2n) is 5.69. The van der Waals surface area contributed by atoms with Gasteiger partial charge in [0.25, 0.3) is 5.91 Å². The van der Waals surface area contributed by atoms with Gasteiger partial charge >= 0.3 is 0 Å². The molecule has 1 heterocycles. The summed E-state index contributed by atoms with van der Waals surface area (Å²) >= 11 is 0.